The molecule has 2 aromatic carbocycles. The van der Waals surface area contributed by atoms with Crippen LogP contribution in [0, 0.1) is 11.6 Å². The number of anilines is 1. The highest BCUT2D eigenvalue weighted by atomic mass is 19.2. The van der Waals surface area contributed by atoms with Crippen molar-refractivity contribution in [2.24, 2.45) is 0 Å². The molecule has 11 heteroatoms. The summed E-state index contributed by atoms with van der Waals surface area (Å²) in [4.78, 5) is 35.5. The highest BCUT2D eigenvalue weighted by molar-refractivity contribution is 5.95. The number of nitrogens with one attached hydrogen (secondary N) is 2. The second-order valence-electron chi connectivity index (χ2n) is 6.34. The summed E-state index contributed by atoms with van der Waals surface area (Å²) in [6.45, 7) is -1.10. The fourth-order valence-corrected chi connectivity index (χ4v) is 2.53. The van der Waals surface area contributed by atoms with Crippen molar-refractivity contribution < 1.29 is 42.1 Å². The van der Waals surface area contributed by atoms with Crippen molar-refractivity contribution in [3.63, 3.8) is 0 Å². The molecule has 0 bridgehead atoms. The molecule has 33 heavy (non-hydrogen) atoms. The Morgan fingerprint density at radius 1 is 0.879 bits per heavy atom. The Morgan fingerprint density at radius 3 is 2.18 bits per heavy atom. The first kappa shape index (κ1) is 25.1. The lowest BCUT2D eigenvalue weighted by molar-refractivity contribution is -0.143. The normalized spacial score (nSPS) is 10.5. The largest absolute Gasteiger partial charge is 0.496 e. The summed E-state index contributed by atoms with van der Waals surface area (Å²) in [7, 11) is 4.38. The van der Waals surface area contributed by atoms with Crippen LogP contribution in [0.15, 0.2) is 36.4 Å². The van der Waals surface area contributed by atoms with E-state index in [-0.39, 0.29) is 5.69 Å². The van der Waals surface area contributed by atoms with Crippen LogP contribution in [0.1, 0.15) is 5.56 Å². The van der Waals surface area contributed by atoms with Crippen LogP contribution in [-0.4, -0.2) is 52.3 Å². The van der Waals surface area contributed by atoms with Gasteiger partial charge in [-0.3, -0.25) is 9.59 Å². The van der Waals surface area contributed by atoms with Gasteiger partial charge < -0.3 is 29.6 Å². The van der Waals surface area contributed by atoms with Crippen LogP contribution < -0.4 is 24.8 Å². The van der Waals surface area contributed by atoms with Gasteiger partial charge in [0, 0.05) is 29.5 Å². The molecule has 176 valence electrons. The molecule has 0 aliphatic carbocycles. The summed E-state index contributed by atoms with van der Waals surface area (Å²) in [6, 6.07) is 6.01. The van der Waals surface area contributed by atoms with Crippen LogP contribution in [0.25, 0.3) is 6.08 Å². The van der Waals surface area contributed by atoms with Crippen molar-refractivity contribution in [3.8, 4) is 17.2 Å². The third-order valence-corrected chi connectivity index (χ3v) is 4.13. The molecule has 0 aliphatic rings. The first-order chi connectivity index (χ1) is 15.8. The van der Waals surface area contributed by atoms with Crippen molar-refractivity contribution in [3.05, 3.63) is 53.6 Å². The molecule has 0 aliphatic heterocycles. The summed E-state index contributed by atoms with van der Waals surface area (Å²) in [5.41, 5.74) is 0.528. The summed E-state index contributed by atoms with van der Waals surface area (Å²) in [5, 5.41) is 4.52. The molecule has 0 unspecified atom stereocenters. The van der Waals surface area contributed by atoms with E-state index in [2.05, 4.69) is 10.6 Å². The molecule has 2 amide bonds. The Bertz CT molecular complexity index is 1060. The van der Waals surface area contributed by atoms with Crippen LogP contribution in [0.4, 0.5) is 14.5 Å². The van der Waals surface area contributed by atoms with Gasteiger partial charge in [-0.1, -0.05) is 0 Å². The molecular formula is C22H22F2N2O7. The average Bonchev–Trinajstić information content (AvgIpc) is 2.81. The van der Waals surface area contributed by atoms with Crippen LogP contribution in [0.2, 0.25) is 0 Å². The molecule has 0 saturated carbocycles. The SMILES string of the molecule is COc1cc(OC)c(OC)cc1/C=C/C(=O)OCC(=O)NCC(=O)Nc1ccc(F)c(F)c1. The van der Waals surface area contributed by atoms with Gasteiger partial charge in [-0.25, -0.2) is 13.6 Å². The zero-order valence-corrected chi connectivity index (χ0v) is 18.1. The molecule has 0 radical (unpaired) electrons. The number of hydrogen-bond acceptors (Lipinski definition) is 7. The number of ether oxygens (including phenoxy) is 4. The lowest BCUT2D eigenvalue weighted by atomic mass is 10.1. The van der Waals surface area contributed by atoms with Gasteiger partial charge >= 0.3 is 5.97 Å². The second kappa shape index (κ2) is 12.0. The Hall–Kier alpha value is -4.15. The number of carbonyl (C=O) groups excluding carboxylic acids is 3. The Labute approximate surface area is 188 Å². The van der Waals surface area contributed by atoms with Crippen molar-refractivity contribution in [1.29, 1.82) is 0 Å². The standard InChI is InChI=1S/C22H22F2N2O7/c1-30-17-10-19(32-3)18(31-2)8-13(17)4-7-22(29)33-12-21(28)25-11-20(27)26-14-5-6-15(23)16(24)9-14/h4-10H,11-12H2,1-3H3,(H,25,28)(H,26,27)/b7-4+. The van der Waals surface area contributed by atoms with E-state index < -0.39 is 42.6 Å². The number of carbonyl (C=O) groups is 3. The van der Waals surface area contributed by atoms with E-state index in [1.165, 1.54) is 33.5 Å². The van der Waals surface area contributed by atoms with Gasteiger partial charge in [-0.15, -0.1) is 0 Å². The fraction of sp³-hybridized carbons (Fsp3) is 0.227. The molecule has 2 N–H and O–H groups in total. The summed E-state index contributed by atoms with van der Waals surface area (Å²) in [6.07, 6.45) is 2.50. The third-order valence-electron chi connectivity index (χ3n) is 4.13. The number of halogens is 2. The number of esters is 1. The van der Waals surface area contributed by atoms with Gasteiger partial charge in [-0.2, -0.15) is 0 Å². The minimum absolute atomic E-state index is 0.0234. The van der Waals surface area contributed by atoms with E-state index in [1.807, 2.05) is 0 Å². The highest BCUT2D eigenvalue weighted by Crippen LogP contribution is 2.35. The third kappa shape index (κ3) is 7.49. The van der Waals surface area contributed by atoms with Crippen molar-refractivity contribution >= 4 is 29.5 Å². The van der Waals surface area contributed by atoms with E-state index in [1.54, 1.807) is 12.1 Å². The van der Waals surface area contributed by atoms with E-state index in [9.17, 15) is 23.2 Å². The van der Waals surface area contributed by atoms with Gasteiger partial charge in [0.25, 0.3) is 5.91 Å². The number of amides is 2. The Morgan fingerprint density at radius 2 is 1.55 bits per heavy atom. The predicted molar refractivity (Wildman–Crippen MR) is 114 cm³/mol. The number of rotatable bonds is 10. The lowest BCUT2D eigenvalue weighted by Crippen LogP contribution is -2.35. The van der Waals surface area contributed by atoms with Crippen LogP contribution >= 0.6 is 0 Å². The molecule has 2 aromatic rings. The molecule has 0 atom stereocenters. The molecular weight excluding hydrogens is 442 g/mol. The van der Waals surface area contributed by atoms with Crippen LogP contribution in [-0.2, 0) is 19.1 Å². The molecule has 0 saturated heterocycles. The second-order valence-corrected chi connectivity index (χ2v) is 6.34. The zero-order valence-electron chi connectivity index (χ0n) is 18.1. The molecule has 0 aromatic heterocycles. The minimum atomic E-state index is -1.12. The molecule has 0 spiro atoms. The lowest BCUT2D eigenvalue weighted by Gasteiger charge is -2.12. The van der Waals surface area contributed by atoms with Crippen LogP contribution in [0.5, 0.6) is 17.2 Å². The maximum atomic E-state index is 13.1. The van der Waals surface area contributed by atoms with Gasteiger partial charge in [0.2, 0.25) is 5.91 Å². The number of methoxy groups -OCH3 is 3. The maximum Gasteiger partial charge on any atom is 0.331 e. The fourth-order valence-electron chi connectivity index (χ4n) is 2.53. The van der Waals surface area contributed by atoms with E-state index in [4.69, 9.17) is 18.9 Å². The number of benzene rings is 2. The Kier molecular flexibility index (Phi) is 9.16. The molecule has 9 nitrogen and oxygen atoms in total. The van der Waals surface area contributed by atoms with E-state index >= 15 is 0 Å². The van der Waals surface area contributed by atoms with Gasteiger partial charge in [-0.05, 0) is 24.3 Å². The monoisotopic (exact) mass is 464 g/mol. The smallest absolute Gasteiger partial charge is 0.331 e. The topological polar surface area (TPSA) is 112 Å². The van der Waals surface area contributed by atoms with Crippen molar-refractivity contribution in [2.75, 3.05) is 39.8 Å². The first-order valence-electron chi connectivity index (χ1n) is 9.43. The number of hydrogen-bond donors (Lipinski definition) is 2. The maximum absolute atomic E-state index is 13.1. The van der Waals surface area contributed by atoms with Crippen molar-refractivity contribution in [2.45, 2.75) is 0 Å². The summed E-state index contributed by atoms with van der Waals surface area (Å²) in [5.74, 6) is -3.12. The molecule has 0 heterocycles. The van der Waals surface area contributed by atoms with Crippen molar-refractivity contribution in [1.82, 2.24) is 5.32 Å². The zero-order chi connectivity index (χ0) is 24.4. The molecule has 0 fully saturated rings. The first-order valence-corrected chi connectivity index (χ1v) is 9.43. The van der Waals surface area contributed by atoms with Gasteiger partial charge in [0.1, 0.15) is 5.75 Å². The van der Waals surface area contributed by atoms with E-state index in [0.29, 0.717) is 22.8 Å². The van der Waals surface area contributed by atoms with Gasteiger partial charge in [0.15, 0.2) is 29.7 Å². The Balaban J connectivity index is 1.83. The summed E-state index contributed by atoms with van der Waals surface area (Å²) < 4.78 is 46.5. The average molecular weight is 464 g/mol. The summed E-state index contributed by atoms with van der Waals surface area (Å²) >= 11 is 0. The van der Waals surface area contributed by atoms with Crippen LogP contribution in [0.3, 0.4) is 0 Å². The highest BCUT2D eigenvalue weighted by Gasteiger charge is 2.12. The van der Waals surface area contributed by atoms with Gasteiger partial charge in [0.05, 0.1) is 27.9 Å². The molecule has 2 rings (SSSR count). The predicted octanol–water partition coefficient (Wildman–Crippen LogP) is 2.30. The minimum Gasteiger partial charge on any atom is -0.496 e. The van der Waals surface area contributed by atoms with E-state index in [0.717, 1.165) is 18.2 Å². The quantitative estimate of drug-likeness (QED) is 0.410.